The Balaban J connectivity index is 2.56. The first-order valence-corrected chi connectivity index (χ1v) is 4.73. The third kappa shape index (κ3) is 1.29. The average Bonchev–Trinajstić information content (AvgIpc) is 2.44. The van der Waals surface area contributed by atoms with E-state index < -0.39 is 5.91 Å². The molecule has 4 heteroatoms. The molecule has 2 N–H and O–H groups in total. The van der Waals surface area contributed by atoms with E-state index >= 15 is 0 Å². The standard InChI is InChI=1S/C11H12N2O2/c1-6-8-4-3-7(10(12)14)5-9(8)13(2)11(6)15/h3-6H,1-2H3,(H2,12,14). The Hall–Kier alpha value is -1.84. The van der Waals surface area contributed by atoms with Crippen LogP contribution in [0.3, 0.4) is 0 Å². The van der Waals surface area contributed by atoms with Crippen LogP contribution in [0.1, 0.15) is 28.8 Å². The van der Waals surface area contributed by atoms with Gasteiger partial charge in [0, 0.05) is 18.3 Å². The van der Waals surface area contributed by atoms with Gasteiger partial charge in [0.1, 0.15) is 0 Å². The van der Waals surface area contributed by atoms with Gasteiger partial charge in [-0.05, 0) is 24.6 Å². The van der Waals surface area contributed by atoms with Gasteiger partial charge in [-0.1, -0.05) is 6.07 Å². The molecule has 1 aliphatic heterocycles. The number of hydrogen-bond acceptors (Lipinski definition) is 2. The number of benzene rings is 1. The van der Waals surface area contributed by atoms with Crippen LogP contribution in [0.4, 0.5) is 5.69 Å². The number of nitrogens with two attached hydrogens (primary N) is 1. The van der Waals surface area contributed by atoms with Crippen molar-refractivity contribution >= 4 is 17.5 Å². The van der Waals surface area contributed by atoms with Crippen LogP contribution in [0.25, 0.3) is 0 Å². The van der Waals surface area contributed by atoms with E-state index in [1.165, 1.54) is 0 Å². The molecule has 1 aromatic rings. The SMILES string of the molecule is CC1C(=O)N(C)c2cc(C(N)=O)ccc21. The zero-order chi connectivity index (χ0) is 11.2. The first-order valence-electron chi connectivity index (χ1n) is 4.73. The van der Waals surface area contributed by atoms with Crippen molar-refractivity contribution in [2.24, 2.45) is 5.73 Å². The maximum absolute atomic E-state index is 11.7. The van der Waals surface area contributed by atoms with Gasteiger partial charge in [0.25, 0.3) is 0 Å². The van der Waals surface area contributed by atoms with Gasteiger partial charge in [-0.25, -0.2) is 0 Å². The topological polar surface area (TPSA) is 63.4 Å². The lowest BCUT2D eigenvalue weighted by Gasteiger charge is -2.10. The minimum Gasteiger partial charge on any atom is -0.366 e. The van der Waals surface area contributed by atoms with E-state index in [9.17, 15) is 9.59 Å². The largest absolute Gasteiger partial charge is 0.366 e. The normalized spacial score (nSPS) is 19.2. The second-order valence-electron chi connectivity index (χ2n) is 3.76. The zero-order valence-electron chi connectivity index (χ0n) is 8.65. The summed E-state index contributed by atoms with van der Waals surface area (Å²) in [5.41, 5.74) is 7.35. The molecule has 1 aliphatic rings. The van der Waals surface area contributed by atoms with E-state index in [1.54, 1.807) is 30.1 Å². The molecule has 4 nitrogen and oxygen atoms in total. The van der Waals surface area contributed by atoms with Crippen molar-refractivity contribution in [1.82, 2.24) is 0 Å². The molecule has 0 saturated carbocycles. The molecule has 0 radical (unpaired) electrons. The summed E-state index contributed by atoms with van der Waals surface area (Å²) in [4.78, 5) is 24.2. The van der Waals surface area contributed by atoms with E-state index in [-0.39, 0.29) is 11.8 Å². The van der Waals surface area contributed by atoms with Gasteiger partial charge in [-0.3, -0.25) is 9.59 Å². The molecule has 0 fully saturated rings. The van der Waals surface area contributed by atoms with Crippen LogP contribution < -0.4 is 10.6 Å². The lowest BCUT2D eigenvalue weighted by molar-refractivity contribution is -0.118. The van der Waals surface area contributed by atoms with E-state index in [0.29, 0.717) is 5.56 Å². The van der Waals surface area contributed by atoms with Crippen LogP contribution in [-0.2, 0) is 4.79 Å². The lowest BCUT2D eigenvalue weighted by Crippen LogP contribution is -2.22. The number of carbonyl (C=O) groups is 2. The van der Waals surface area contributed by atoms with Crippen molar-refractivity contribution < 1.29 is 9.59 Å². The Labute approximate surface area is 87.7 Å². The van der Waals surface area contributed by atoms with Gasteiger partial charge in [0.15, 0.2) is 0 Å². The minimum atomic E-state index is -0.474. The van der Waals surface area contributed by atoms with Crippen molar-refractivity contribution in [2.75, 3.05) is 11.9 Å². The molecule has 1 aromatic carbocycles. The van der Waals surface area contributed by atoms with Gasteiger partial charge in [-0.15, -0.1) is 0 Å². The highest BCUT2D eigenvalue weighted by Crippen LogP contribution is 2.36. The number of nitrogens with zero attached hydrogens (tertiary/aromatic N) is 1. The van der Waals surface area contributed by atoms with Crippen molar-refractivity contribution in [1.29, 1.82) is 0 Å². The Kier molecular flexibility index (Phi) is 2.00. The molecule has 78 valence electrons. The molecule has 15 heavy (non-hydrogen) atoms. The van der Waals surface area contributed by atoms with Gasteiger partial charge in [-0.2, -0.15) is 0 Å². The number of fused-ring (bicyclic) bond motifs is 1. The van der Waals surface area contributed by atoms with E-state index in [4.69, 9.17) is 5.73 Å². The number of primary amides is 1. The Morgan fingerprint density at radius 1 is 1.47 bits per heavy atom. The molecular weight excluding hydrogens is 192 g/mol. The van der Waals surface area contributed by atoms with Crippen molar-refractivity contribution in [3.63, 3.8) is 0 Å². The van der Waals surface area contributed by atoms with Gasteiger partial charge < -0.3 is 10.6 Å². The number of likely N-dealkylation sites (N-methyl/N-ethyl adjacent to an activating group) is 1. The molecule has 0 bridgehead atoms. The van der Waals surface area contributed by atoms with Crippen LogP contribution in [0.15, 0.2) is 18.2 Å². The fourth-order valence-corrected chi connectivity index (χ4v) is 1.90. The highest BCUT2D eigenvalue weighted by atomic mass is 16.2. The first-order chi connectivity index (χ1) is 7.02. The molecule has 1 unspecified atom stereocenters. The van der Waals surface area contributed by atoms with Crippen molar-refractivity contribution in [2.45, 2.75) is 12.8 Å². The lowest BCUT2D eigenvalue weighted by atomic mass is 10.0. The molecule has 0 aliphatic carbocycles. The smallest absolute Gasteiger partial charge is 0.248 e. The summed E-state index contributed by atoms with van der Waals surface area (Å²) in [6.45, 7) is 1.86. The number of carbonyl (C=O) groups excluding carboxylic acids is 2. The molecule has 0 saturated heterocycles. The molecule has 0 spiro atoms. The third-order valence-corrected chi connectivity index (χ3v) is 2.84. The quantitative estimate of drug-likeness (QED) is 0.737. The van der Waals surface area contributed by atoms with Crippen molar-refractivity contribution in [3.05, 3.63) is 29.3 Å². The maximum Gasteiger partial charge on any atom is 0.248 e. The Bertz CT molecular complexity index is 454. The summed E-state index contributed by atoms with van der Waals surface area (Å²) in [5, 5.41) is 0. The highest BCUT2D eigenvalue weighted by Gasteiger charge is 2.31. The second-order valence-corrected chi connectivity index (χ2v) is 3.76. The van der Waals surface area contributed by atoms with E-state index in [1.807, 2.05) is 6.92 Å². The molecular formula is C11H12N2O2. The summed E-state index contributed by atoms with van der Waals surface area (Å²) in [7, 11) is 1.70. The second kappa shape index (κ2) is 3.08. The fraction of sp³-hybridized carbons (Fsp3) is 0.273. The number of amides is 2. The summed E-state index contributed by atoms with van der Waals surface area (Å²) in [5.74, 6) is -0.559. The predicted octanol–water partition coefficient (Wildman–Crippen LogP) is 0.865. The molecule has 0 aromatic heterocycles. The first kappa shape index (κ1) is 9.71. The Morgan fingerprint density at radius 3 is 2.73 bits per heavy atom. The molecule has 2 rings (SSSR count). The summed E-state index contributed by atoms with van der Waals surface area (Å²) in [6, 6.07) is 5.12. The van der Waals surface area contributed by atoms with Gasteiger partial charge in [0.05, 0.1) is 5.92 Å². The third-order valence-electron chi connectivity index (χ3n) is 2.84. The fourth-order valence-electron chi connectivity index (χ4n) is 1.90. The molecule has 2 amide bonds. The monoisotopic (exact) mass is 204 g/mol. The highest BCUT2D eigenvalue weighted by molar-refractivity contribution is 6.05. The maximum atomic E-state index is 11.7. The number of hydrogen-bond donors (Lipinski definition) is 1. The van der Waals surface area contributed by atoms with Gasteiger partial charge >= 0.3 is 0 Å². The van der Waals surface area contributed by atoms with Crippen LogP contribution in [0.5, 0.6) is 0 Å². The predicted molar refractivity (Wildman–Crippen MR) is 56.8 cm³/mol. The molecule has 1 heterocycles. The zero-order valence-corrected chi connectivity index (χ0v) is 8.65. The minimum absolute atomic E-state index is 0.0478. The van der Waals surface area contributed by atoms with Crippen LogP contribution in [0.2, 0.25) is 0 Å². The van der Waals surface area contributed by atoms with Gasteiger partial charge in [0.2, 0.25) is 11.8 Å². The Morgan fingerprint density at radius 2 is 2.13 bits per heavy atom. The van der Waals surface area contributed by atoms with Crippen LogP contribution >= 0.6 is 0 Å². The van der Waals surface area contributed by atoms with E-state index in [2.05, 4.69) is 0 Å². The van der Waals surface area contributed by atoms with Crippen molar-refractivity contribution in [3.8, 4) is 0 Å². The van der Waals surface area contributed by atoms with Crippen LogP contribution in [0, 0.1) is 0 Å². The summed E-state index contributed by atoms with van der Waals surface area (Å²) < 4.78 is 0. The molecule has 1 atom stereocenters. The number of anilines is 1. The average molecular weight is 204 g/mol. The number of rotatable bonds is 1. The summed E-state index contributed by atoms with van der Waals surface area (Å²) >= 11 is 0. The summed E-state index contributed by atoms with van der Waals surface area (Å²) in [6.07, 6.45) is 0. The van der Waals surface area contributed by atoms with Crippen LogP contribution in [-0.4, -0.2) is 18.9 Å². The van der Waals surface area contributed by atoms with E-state index in [0.717, 1.165) is 11.3 Å².